The van der Waals surface area contributed by atoms with Crippen LogP contribution in [-0.4, -0.2) is 28.7 Å². The van der Waals surface area contributed by atoms with Crippen molar-refractivity contribution in [2.75, 3.05) is 12.1 Å². The van der Waals surface area contributed by atoms with Crippen molar-refractivity contribution in [2.24, 2.45) is 0 Å². The van der Waals surface area contributed by atoms with E-state index >= 15 is 0 Å². The van der Waals surface area contributed by atoms with E-state index in [1.165, 1.54) is 6.07 Å². The van der Waals surface area contributed by atoms with Crippen molar-refractivity contribution in [3.63, 3.8) is 0 Å². The van der Waals surface area contributed by atoms with Crippen molar-refractivity contribution in [1.29, 1.82) is 0 Å². The van der Waals surface area contributed by atoms with Crippen LogP contribution in [-0.2, 0) is 9.59 Å². The molecule has 0 atom stereocenters. The lowest BCUT2D eigenvalue weighted by molar-refractivity contribution is -0.384. The zero-order valence-electron chi connectivity index (χ0n) is 10.1. The lowest BCUT2D eigenvalue weighted by atomic mass is 10.2. The molecule has 0 aliphatic carbocycles. The van der Waals surface area contributed by atoms with Crippen LogP contribution in [0.4, 0.5) is 11.4 Å². The monoisotopic (exact) mass is 282 g/mol. The molecule has 1 aliphatic heterocycles. The van der Waals surface area contributed by atoms with Gasteiger partial charge in [-0.3, -0.25) is 19.7 Å². The Morgan fingerprint density at radius 1 is 1.30 bits per heavy atom. The van der Waals surface area contributed by atoms with Crippen molar-refractivity contribution in [3.05, 3.63) is 22.2 Å². The standard InChI is InChI=1S/C11H10N2O7/c14-10(1-2-11(15)16)12-6-3-8-9(20-5-19-8)4-7(6)13(17)18/h3-4H,1-2,5H2,(H,12,14)(H,15,16). The third-order valence-electron chi connectivity index (χ3n) is 2.53. The molecule has 0 saturated carbocycles. The summed E-state index contributed by atoms with van der Waals surface area (Å²) in [6.07, 6.45) is -0.634. The van der Waals surface area contributed by atoms with Gasteiger partial charge in [-0.15, -0.1) is 0 Å². The summed E-state index contributed by atoms with van der Waals surface area (Å²) in [6, 6.07) is 2.42. The Morgan fingerprint density at radius 3 is 2.55 bits per heavy atom. The van der Waals surface area contributed by atoms with Gasteiger partial charge in [0.15, 0.2) is 11.5 Å². The number of anilines is 1. The molecule has 0 radical (unpaired) electrons. The molecule has 2 rings (SSSR count). The van der Waals surface area contributed by atoms with Gasteiger partial charge in [0.05, 0.1) is 17.4 Å². The number of hydrogen-bond acceptors (Lipinski definition) is 6. The van der Waals surface area contributed by atoms with Gasteiger partial charge in [0.25, 0.3) is 5.69 Å². The number of fused-ring (bicyclic) bond motifs is 1. The number of rotatable bonds is 5. The summed E-state index contributed by atoms with van der Waals surface area (Å²) in [6.45, 7) is -0.0527. The normalized spacial score (nSPS) is 12.0. The van der Waals surface area contributed by atoms with Gasteiger partial charge in [-0.2, -0.15) is 0 Å². The third kappa shape index (κ3) is 2.94. The minimum absolute atomic E-state index is 0.0527. The van der Waals surface area contributed by atoms with Gasteiger partial charge < -0.3 is 19.9 Å². The molecule has 0 saturated heterocycles. The summed E-state index contributed by atoms with van der Waals surface area (Å²) in [5.41, 5.74) is -0.410. The van der Waals surface area contributed by atoms with E-state index in [1.54, 1.807) is 0 Å². The number of aliphatic carboxylic acids is 1. The molecular formula is C11H10N2O7. The first-order valence-corrected chi connectivity index (χ1v) is 5.57. The molecule has 1 aliphatic rings. The van der Waals surface area contributed by atoms with Crippen LogP contribution in [0.3, 0.4) is 0 Å². The lowest BCUT2D eigenvalue weighted by Crippen LogP contribution is -2.14. The van der Waals surface area contributed by atoms with Crippen molar-refractivity contribution >= 4 is 23.3 Å². The number of benzene rings is 1. The number of carboxylic acid groups (broad SMARTS) is 1. The molecule has 9 nitrogen and oxygen atoms in total. The van der Waals surface area contributed by atoms with Crippen LogP contribution in [0.5, 0.6) is 11.5 Å². The maximum atomic E-state index is 11.5. The van der Waals surface area contributed by atoms with Gasteiger partial charge in [0, 0.05) is 12.5 Å². The molecule has 0 bridgehead atoms. The Labute approximate surface area is 112 Å². The van der Waals surface area contributed by atoms with Crippen molar-refractivity contribution in [3.8, 4) is 11.5 Å². The second-order valence-corrected chi connectivity index (χ2v) is 3.92. The average Bonchev–Trinajstić information content (AvgIpc) is 2.82. The quantitative estimate of drug-likeness (QED) is 0.611. The van der Waals surface area contributed by atoms with Crippen LogP contribution >= 0.6 is 0 Å². The van der Waals surface area contributed by atoms with Gasteiger partial charge >= 0.3 is 5.97 Å². The zero-order chi connectivity index (χ0) is 14.7. The second-order valence-electron chi connectivity index (χ2n) is 3.92. The highest BCUT2D eigenvalue weighted by atomic mass is 16.7. The number of carbonyl (C=O) groups is 2. The Morgan fingerprint density at radius 2 is 1.95 bits per heavy atom. The third-order valence-corrected chi connectivity index (χ3v) is 2.53. The molecule has 1 aromatic rings. The largest absolute Gasteiger partial charge is 0.481 e. The highest BCUT2D eigenvalue weighted by molar-refractivity contribution is 5.95. The number of nitrogens with one attached hydrogen (secondary N) is 1. The number of amides is 1. The number of carbonyl (C=O) groups excluding carboxylic acids is 1. The van der Waals surface area contributed by atoms with Crippen molar-refractivity contribution < 1.29 is 29.1 Å². The van der Waals surface area contributed by atoms with Gasteiger partial charge in [-0.05, 0) is 0 Å². The van der Waals surface area contributed by atoms with Crippen molar-refractivity contribution in [2.45, 2.75) is 12.8 Å². The first-order valence-electron chi connectivity index (χ1n) is 5.57. The van der Waals surface area contributed by atoms with Crippen molar-refractivity contribution in [1.82, 2.24) is 0 Å². The van der Waals surface area contributed by atoms with Gasteiger partial charge in [-0.25, -0.2) is 0 Å². The molecule has 106 valence electrons. The smallest absolute Gasteiger partial charge is 0.303 e. The van der Waals surface area contributed by atoms with E-state index < -0.39 is 16.8 Å². The van der Waals surface area contributed by atoms with E-state index in [2.05, 4.69) is 5.32 Å². The first kappa shape index (κ1) is 13.6. The Hall–Kier alpha value is -2.84. The Bertz CT molecular complexity index is 584. The second kappa shape index (κ2) is 5.43. The van der Waals surface area contributed by atoms with E-state index in [0.29, 0.717) is 0 Å². The summed E-state index contributed by atoms with van der Waals surface area (Å²) in [5, 5.41) is 21.7. The summed E-state index contributed by atoms with van der Waals surface area (Å²) in [4.78, 5) is 32.1. The molecule has 9 heteroatoms. The molecule has 1 aromatic carbocycles. The van der Waals surface area contributed by atoms with Gasteiger partial charge in [0.1, 0.15) is 5.69 Å². The summed E-state index contributed by atoms with van der Waals surface area (Å²) < 4.78 is 10.1. The average molecular weight is 282 g/mol. The summed E-state index contributed by atoms with van der Waals surface area (Å²) in [5.74, 6) is -1.25. The molecular weight excluding hydrogens is 272 g/mol. The Balaban J connectivity index is 2.20. The van der Waals surface area contributed by atoms with Crippen LogP contribution in [0, 0.1) is 10.1 Å². The SMILES string of the molecule is O=C(O)CCC(=O)Nc1cc2c(cc1[N+](=O)[O-])OCO2. The number of nitrogens with zero attached hydrogens (tertiary/aromatic N) is 1. The van der Waals surface area contributed by atoms with Crippen LogP contribution in [0.2, 0.25) is 0 Å². The van der Waals surface area contributed by atoms with E-state index in [0.717, 1.165) is 6.07 Å². The number of ether oxygens (including phenoxy) is 2. The predicted molar refractivity (Wildman–Crippen MR) is 64.7 cm³/mol. The van der Waals surface area contributed by atoms with Crippen LogP contribution in [0.25, 0.3) is 0 Å². The van der Waals surface area contributed by atoms with Crippen LogP contribution in [0.15, 0.2) is 12.1 Å². The molecule has 0 aromatic heterocycles. The minimum atomic E-state index is -1.12. The van der Waals surface area contributed by atoms with E-state index in [1.807, 2.05) is 0 Å². The maximum Gasteiger partial charge on any atom is 0.303 e. The molecule has 0 spiro atoms. The molecule has 20 heavy (non-hydrogen) atoms. The number of carboxylic acids is 1. The number of nitro benzene ring substituents is 1. The molecule has 0 unspecified atom stereocenters. The molecule has 2 N–H and O–H groups in total. The highest BCUT2D eigenvalue weighted by Crippen LogP contribution is 2.40. The molecule has 0 fully saturated rings. The van der Waals surface area contributed by atoms with Gasteiger partial charge in [0.2, 0.25) is 12.7 Å². The summed E-state index contributed by atoms with van der Waals surface area (Å²) >= 11 is 0. The zero-order valence-corrected chi connectivity index (χ0v) is 10.1. The fourth-order valence-corrected chi connectivity index (χ4v) is 1.62. The predicted octanol–water partition coefficient (Wildman–Crippen LogP) is 1.13. The summed E-state index contributed by atoms with van der Waals surface area (Å²) in [7, 11) is 0. The van der Waals surface area contributed by atoms with Crippen LogP contribution in [0.1, 0.15) is 12.8 Å². The molecule has 1 heterocycles. The minimum Gasteiger partial charge on any atom is -0.481 e. The topological polar surface area (TPSA) is 128 Å². The number of hydrogen-bond donors (Lipinski definition) is 2. The lowest BCUT2D eigenvalue weighted by Gasteiger charge is -2.06. The first-order chi connectivity index (χ1) is 9.47. The highest BCUT2D eigenvalue weighted by Gasteiger charge is 2.24. The van der Waals surface area contributed by atoms with E-state index in [4.69, 9.17) is 14.6 Å². The van der Waals surface area contributed by atoms with Gasteiger partial charge in [-0.1, -0.05) is 0 Å². The Kier molecular flexibility index (Phi) is 3.69. The molecule has 1 amide bonds. The van der Waals surface area contributed by atoms with Crippen LogP contribution < -0.4 is 14.8 Å². The van der Waals surface area contributed by atoms with E-state index in [-0.39, 0.29) is 42.5 Å². The number of nitro groups is 1. The fraction of sp³-hybridized carbons (Fsp3) is 0.273. The fourth-order valence-electron chi connectivity index (χ4n) is 1.62. The van der Waals surface area contributed by atoms with E-state index in [9.17, 15) is 19.7 Å². The maximum absolute atomic E-state index is 11.5.